The molecule has 0 fully saturated rings. The molecule has 0 saturated carbocycles. The quantitative estimate of drug-likeness (QED) is 0.531. The first-order chi connectivity index (χ1) is 12.7. The molecule has 0 atom stereocenters. The summed E-state index contributed by atoms with van der Waals surface area (Å²) in [7, 11) is 0. The van der Waals surface area contributed by atoms with Gasteiger partial charge in [-0.15, -0.1) is 0 Å². The fourth-order valence-electron chi connectivity index (χ4n) is 2.39. The highest BCUT2D eigenvalue weighted by atomic mass is 16.5. The van der Waals surface area contributed by atoms with Crippen LogP contribution in [0.1, 0.15) is 28.4 Å². The van der Waals surface area contributed by atoms with E-state index in [0.29, 0.717) is 12.2 Å². The van der Waals surface area contributed by atoms with Gasteiger partial charge in [-0.25, -0.2) is 5.43 Å². The van der Waals surface area contributed by atoms with Crippen molar-refractivity contribution in [3.8, 4) is 5.75 Å². The summed E-state index contributed by atoms with van der Waals surface area (Å²) < 4.78 is 5.77. The number of hydrazone groups is 1. The van der Waals surface area contributed by atoms with Crippen LogP contribution < -0.4 is 10.2 Å². The van der Waals surface area contributed by atoms with Gasteiger partial charge >= 0.3 is 0 Å². The molecule has 0 aromatic heterocycles. The highest BCUT2D eigenvalue weighted by Crippen LogP contribution is 2.15. The number of nitrogens with zero attached hydrogens (tertiary/aromatic N) is 1. The van der Waals surface area contributed by atoms with Gasteiger partial charge in [0.15, 0.2) is 0 Å². The van der Waals surface area contributed by atoms with E-state index in [2.05, 4.69) is 10.5 Å². The molecule has 0 aliphatic carbocycles. The van der Waals surface area contributed by atoms with Crippen molar-refractivity contribution < 1.29 is 9.53 Å². The number of benzene rings is 3. The smallest absolute Gasteiger partial charge is 0.271 e. The molecule has 0 unspecified atom stereocenters. The van der Waals surface area contributed by atoms with Crippen molar-refractivity contribution in [3.05, 3.63) is 102 Å². The van der Waals surface area contributed by atoms with E-state index < -0.39 is 0 Å². The van der Waals surface area contributed by atoms with E-state index in [0.717, 1.165) is 22.6 Å². The third kappa shape index (κ3) is 4.80. The minimum absolute atomic E-state index is 0.229. The molecule has 0 spiro atoms. The lowest BCUT2D eigenvalue weighted by Gasteiger charge is -2.07. The normalized spacial score (nSPS) is 11.0. The molecule has 0 saturated heterocycles. The Bertz CT molecular complexity index is 873. The Labute approximate surface area is 153 Å². The number of carbonyl (C=O) groups is 1. The number of carbonyl (C=O) groups excluding carboxylic acids is 1. The van der Waals surface area contributed by atoms with Crippen molar-refractivity contribution in [3.63, 3.8) is 0 Å². The Morgan fingerprint density at radius 1 is 0.846 bits per heavy atom. The number of hydrogen-bond acceptors (Lipinski definition) is 3. The second-order valence-electron chi connectivity index (χ2n) is 5.80. The van der Waals surface area contributed by atoms with Crippen molar-refractivity contribution in [1.29, 1.82) is 0 Å². The standard InChI is InChI=1S/C22H20N2O2/c1-17(23-24-22(25)20-10-6-3-7-11-20)19-12-14-21(15-13-19)26-16-18-8-4-2-5-9-18/h2-15H,16H2,1H3,(H,24,25). The van der Waals surface area contributed by atoms with E-state index in [-0.39, 0.29) is 5.91 Å². The molecule has 1 amide bonds. The number of ether oxygens (including phenoxy) is 1. The van der Waals surface area contributed by atoms with Gasteiger partial charge in [-0.1, -0.05) is 48.5 Å². The van der Waals surface area contributed by atoms with E-state index in [9.17, 15) is 4.79 Å². The zero-order valence-electron chi connectivity index (χ0n) is 14.6. The maximum atomic E-state index is 12.0. The van der Waals surface area contributed by atoms with Crippen molar-refractivity contribution in [2.24, 2.45) is 5.10 Å². The second-order valence-corrected chi connectivity index (χ2v) is 5.80. The summed E-state index contributed by atoms with van der Waals surface area (Å²) in [4.78, 5) is 12.0. The first-order valence-electron chi connectivity index (χ1n) is 8.39. The van der Waals surface area contributed by atoms with Crippen molar-refractivity contribution >= 4 is 11.6 Å². The second kappa shape index (κ2) is 8.62. The zero-order chi connectivity index (χ0) is 18.2. The van der Waals surface area contributed by atoms with Gasteiger partial charge in [0.25, 0.3) is 5.91 Å². The zero-order valence-corrected chi connectivity index (χ0v) is 14.6. The van der Waals surface area contributed by atoms with E-state index in [4.69, 9.17) is 4.74 Å². The van der Waals surface area contributed by atoms with Crippen LogP contribution in [0.2, 0.25) is 0 Å². The third-order valence-electron chi connectivity index (χ3n) is 3.88. The summed E-state index contributed by atoms with van der Waals surface area (Å²) in [5, 5.41) is 4.17. The van der Waals surface area contributed by atoms with Crippen LogP contribution in [-0.2, 0) is 6.61 Å². The number of hydrogen-bond donors (Lipinski definition) is 1. The lowest BCUT2D eigenvalue weighted by molar-refractivity contribution is 0.0955. The summed E-state index contributed by atoms with van der Waals surface area (Å²) >= 11 is 0. The summed E-state index contributed by atoms with van der Waals surface area (Å²) in [6.07, 6.45) is 0. The Balaban J connectivity index is 1.58. The van der Waals surface area contributed by atoms with Crippen LogP contribution in [0.25, 0.3) is 0 Å². The Morgan fingerprint density at radius 2 is 1.46 bits per heavy atom. The monoisotopic (exact) mass is 344 g/mol. The van der Waals surface area contributed by atoms with Crippen molar-refractivity contribution in [1.82, 2.24) is 5.43 Å². The lowest BCUT2D eigenvalue weighted by Crippen LogP contribution is -2.19. The summed E-state index contributed by atoms with van der Waals surface area (Å²) in [5.41, 5.74) is 5.92. The average molecular weight is 344 g/mol. The minimum atomic E-state index is -0.229. The predicted octanol–water partition coefficient (Wildman–Crippen LogP) is 4.42. The van der Waals surface area contributed by atoms with Crippen LogP contribution >= 0.6 is 0 Å². The molecular weight excluding hydrogens is 324 g/mol. The fraction of sp³-hybridized carbons (Fsp3) is 0.0909. The topological polar surface area (TPSA) is 50.7 Å². The highest BCUT2D eigenvalue weighted by molar-refractivity contribution is 6.00. The fourth-order valence-corrected chi connectivity index (χ4v) is 2.39. The van der Waals surface area contributed by atoms with Crippen LogP contribution in [0.3, 0.4) is 0 Å². The van der Waals surface area contributed by atoms with Crippen LogP contribution in [0.4, 0.5) is 0 Å². The van der Waals surface area contributed by atoms with Gasteiger partial charge in [-0.3, -0.25) is 4.79 Å². The lowest BCUT2D eigenvalue weighted by atomic mass is 10.1. The van der Waals surface area contributed by atoms with Crippen molar-refractivity contribution in [2.45, 2.75) is 13.5 Å². The van der Waals surface area contributed by atoms with Gasteiger partial charge in [-0.2, -0.15) is 5.10 Å². The molecule has 4 heteroatoms. The third-order valence-corrected chi connectivity index (χ3v) is 3.88. The number of amides is 1. The Kier molecular flexibility index (Phi) is 5.78. The number of rotatable bonds is 6. The first kappa shape index (κ1) is 17.4. The molecule has 130 valence electrons. The van der Waals surface area contributed by atoms with Gasteiger partial charge in [-0.05, 0) is 54.4 Å². The molecule has 3 aromatic carbocycles. The van der Waals surface area contributed by atoms with Crippen molar-refractivity contribution in [2.75, 3.05) is 0 Å². The van der Waals surface area contributed by atoms with E-state index in [1.165, 1.54) is 0 Å². The van der Waals surface area contributed by atoms with Gasteiger partial charge in [0.05, 0.1) is 5.71 Å². The molecule has 26 heavy (non-hydrogen) atoms. The molecule has 1 N–H and O–H groups in total. The summed E-state index contributed by atoms with van der Waals surface area (Å²) in [5.74, 6) is 0.562. The maximum Gasteiger partial charge on any atom is 0.271 e. The molecule has 0 bridgehead atoms. The summed E-state index contributed by atoms with van der Waals surface area (Å²) in [6.45, 7) is 2.38. The molecular formula is C22H20N2O2. The van der Waals surface area contributed by atoms with Gasteiger partial charge in [0.2, 0.25) is 0 Å². The maximum absolute atomic E-state index is 12.0. The molecule has 4 nitrogen and oxygen atoms in total. The van der Waals surface area contributed by atoms with Crippen LogP contribution in [0.5, 0.6) is 5.75 Å². The van der Waals surface area contributed by atoms with Gasteiger partial charge < -0.3 is 4.74 Å². The average Bonchev–Trinajstić information content (AvgIpc) is 2.72. The van der Waals surface area contributed by atoms with E-state index >= 15 is 0 Å². The first-order valence-corrected chi connectivity index (χ1v) is 8.39. The molecule has 0 aliphatic heterocycles. The molecule has 0 radical (unpaired) electrons. The Morgan fingerprint density at radius 3 is 2.12 bits per heavy atom. The summed E-state index contributed by atoms with van der Waals surface area (Å²) in [6, 6.07) is 26.7. The van der Waals surface area contributed by atoms with Crippen LogP contribution in [-0.4, -0.2) is 11.6 Å². The predicted molar refractivity (Wildman–Crippen MR) is 103 cm³/mol. The van der Waals surface area contributed by atoms with Crippen LogP contribution in [0.15, 0.2) is 90.0 Å². The molecule has 0 heterocycles. The molecule has 3 rings (SSSR count). The van der Waals surface area contributed by atoms with E-state index in [1.807, 2.05) is 79.7 Å². The Hall–Kier alpha value is -3.40. The molecule has 0 aliphatic rings. The van der Waals surface area contributed by atoms with Gasteiger partial charge in [0, 0.05) is 5.56 Å². The highest BCUT2D eigenvalue weighted by Gasteiger charge is 2.04. The molecule has 3 aromatic rings. The van der Waals surface area contributed by atoms with Crippen LogP contribution in [0, 0.1) is 0 Å². The largest absolute Gasteiger partial charge is 0.489 e. The SMILES string of the molecule is CC(=NNC(=O)c1ccccc1)c1ccc(OCc2ccccc2)cc1. The van der Waals surface area contributed by atoms with Gasteiger partial charge in [0.1, 0.15) is 12.4 Å². The van der Waals surface area contributed by atoms with E-state index in [1.54, 1.807) is 12.1 Å². The minimum Gasteiger partial charge on any atom is -0.489 e. The number of nitrogens with one attached hydrogen (secondary N) is 1.